The molecule has 1 aromatic carbocycles. The first-order valence-electron chi connectivity index (χ1n) is 9.30. The number of sulfonamides is 1. The van der Waals surface area contributed by atoms with Gasteiger partial charge in [0.15, 0.2) is 0 Å². The van der Waals surface area contributed by atoms with Crippen molar-refractivity contribution >= 4 is 21.6 Å². The molecular weight excluding hydrogens is 452 g/mol. The molecule has 0 radical (unpaired) electrons. The third-order valence-electron chi connectivity index (χ3n) is 4.60. The molecule has 0 aliphatic carbocycles. The number of likely N-dealkylation sites (N-methyl/N-ethyl adjacent to an activating group) is 1. The van der Waals surface area contributed by atoms with E-state index < -0.39 is 22.3 Å². The van der Waals surface area contributed by atoms with Crippen LogP contribution in [0.15, 0.2) is 41.1 Å². The molecule has 0 saturated carbocycles. The summed E-state index contributed by atoms with van der Waals surface area (Å²) in [4.78, 5) is 8.53. The van der Waals surface area contributed by atoms with Gasteiger partial charge in [-0.1, -0.05) is 30.7 Å². The molecule has 1 atom stereocenters. The van der Waals surface area contributed by atoms with Crippen molar-refractivity contribution in [2.45, 2.75) is 25.7 Å². The topological polar surface area (TPSA) is 102 Å². The van der Waals surface area contributed by atoms with E-state index in [0.717, 1.165) is 5.56 Å². The Morgan fingerprint density at radius 3 is 2.29 bits per heavy atom. The third kappa shape index (κ3) is 6.02. The lowest BCUT2D eigenvalue weighted by Crippen LogP contribution is -2.34. The summed E-state index contributed by atoms with van der Waals surface area (Å²) in [6.45, 7) is 2.33. The lowest BCUT2D eigenvalue weighted by Gasteiger charge is -2.25. The molecule has 3 aromatic rings. The largest absolute Gasteiger partial charge is 0.415 e. The number of benzene rings is 1. The number of halogens is 3. The predicted octanol–water partition coefficient (Wildman–Crippen LogP) is 3.73. The van der Waals surface area contributed by atoms with Crippen molar-refractivity contribution < 1.29 is 21.6 Å². The maximum Gasteiger partial charge on any atom is 0.314 e. The second-order valence-corrected chi connectivity index (χ2v) is 9.22. The SMILES string of the molecule is CCN(CC(Cc1ncc(-c2nnc(C(F)F)o2)cn1)c1ccc(Cl)cc1)S(C)(=O)=O. The van der Waals surface area contributed by atoms with Gasteiger partial charge < -0.3 is 4.42 Å². The Labute approximate surface area is 183 Å². The van der Waals surface area contributed by atoms with Gasteiger partial charge in [0.25, 0.3) is 11.8 Å². The Morgan fingerprint density at radius 1 is 1.13 bits per heavy atom. The Kier molecular flexibility index (Phi) is 7.29. The van der Waals surface area contributed by atoms with Crippen LogP contribution < -0.4 is 0 Å². The first-order chi connectivity index (χ1) is 14.7. The molecule has 8 nitrogen and oxygen atoms in total. The van der Waals surface area contributed by atoms with Crippen LogP contribution >= 0.6 is 11.6 Å². The van der Waals surface area contributed by atoms with Gasteiger partial charge in [0.1, 0.15) is 5.82 Å². The van der Waals surface area contributed by atoms with E-state index in [-0.39, 0.29) is 18.4 Å². The Hall–Kier alpha value is -2.50. The van der Waals surface area contributed by atoms with E-state index in [9.17, 15) is 17.2 Å². The highest BCUT2D eigenvalue weighted by Gasteiger charge is 2.23. The molecule has 0 aliphatic rings. The molecule has 0 bridgehead atoms. The lowest BCUT2D eigenvalue weighted by molar-refractivity contribution is 0.116. The zero-order valence-corrected chi connectivity index (χ0v) is 18.3. The highest BCUT2D eigenvalue weighted by atomic mass is 35.5. The minimum Gasteiger partial charge on any atom is -0.415 e. The fraction of sp³-hybridized carbons (Fsp3) is 0.368. The molecule has 31 heavy (non-hydrogen) atoms. The Bertz CT molecular complexity index is 1110. The van der Waals surface area contributed by atoms with Gasteiger partial charge in [-0.05, 0) is 17.7 Å². The summed E-state index contributed by atoms with van der Waals surface area (Å²) in [6.07, 6.45) is 1.45. The van der Waals surface area contributed by atoms with Crippen molar-refractivity contribution in [2.75, 3.05) is 19.3 Å². The van der Waals surface area contributed by atoms with Crippen LogP contribution in [-0.2, 0) is 16.4 Å². The molecule has 3 rings (SSSR count). The normalized spacial score (nSPS) is 13.1. The van der Waals surface area contributed by atoms with Gasteiger partial charge in [0.05, 0.1) is 11.8 Å². The first-order valence-corrected chi connectivity index (χ1v) is 11.5. The van der Waals surface area contributed by atoms with Gasteiger partial charge in [-0.25, -0.2) is 22.7 Å². The summed E-state index contributed by atoms with van der Waals surface area (Å²) in [5.41, 5.74) is 1.19. The predicted molar refractivity (Wildman–Crippen MR) is 110 cm³/mol. The zero-order valence-electron chi connectivity index (χ0n) is 16.7. The van der Waals surface area contributed by atoms with Crippen LogP contribution in [0.3, 0.4) is 0 Å². The maximum atomic E-state index is 12.6. The smallest absolute Gasteiger partial charge is 0.314 e. The summed E-state index contributed by atoms with van der Waals surface area (Å²) in [5, 5.41) is 7.42. The molecule has 2 heterocycles. The Balaban J connectivity index is 1.83. The zero-order chi connectivity index (χ0) is 22.6. The summed E-state index contributed by atoms with van der Waals surface area (Å²) in [5.74, 6) is -0.666. The second-order valence-electron chi connectivity index (χ2n) is 6.80. The van der Waals surface area contributed by atoms with Crippen molar-refractivity contribution in [2.24, 2.45) is 0 Å². The quantitative estimate of drug-likeness (QED) is 0.468. The van der Waals surface area contributed by atoms with Gasteiger partial charge in [-0.3, -0.25) is 0 Å². The van der Waals surface area contributed by atoms with Gasteiger partial charge in [-0.15, -0.1) is 10.2 Å². The van der Waals surface area contributed by atoms with E-state index in [1.54, 1.807) is 19.1 Å². The van der Waals surface area contributed by atoms with Crippen molar-refractivity contribution in [1.29, 1.82) is 0 Å². The molecule has 0 saturated heterocycles. The van der Waals surface area contributed by atoms with Crippen LogP contribution in [0.5, 0.6) is 0 Å². The van der Waals surface area contributed by atoms with Gasteiger partial charge >= 0.3 is 6.43 Å². The summed E-state index contributed by atoms with van der Waals surface area (Å²) >= 11 is 5.98. The average molecular weight is 472 g/mol. The molecule has 0 N–H and O–H groups in total. The maximum absolute atomic E-state index is 12.6. The fourth-order valence-corrected chi connectivity index (χ4v) is 4.04. The van der Waals surface area contributed by atoms with Crippen LogP contribution in [0.4, 0.5) is 8.78 Å². The standard InChI is InChI=1S/C19H20ClF2N5O3S/c1-3-27(31(2,28)29)11-13(12-4-6-15(20)7-5-12)8-16-23-9-14(10-24-16)18-25-26-19(30-18)17(21)22/h4-7,9-10,13,17H,3,8,11H2,1-2H3. The minimum atomic E-state index is -3.39. The third-order valence-corrected chi connectivity index (χ3v) is 6.19. The van der Waals surface area contributed by atoms with E-state index in [1.165, 1.54) is 23.0 Å². The number of rotatable bonds is 9. The number of aromatic nitrogens is 4. The number of alkyl halides is 2. The van der Waals surface area contributed by atoms with Crippen LogP contribution in [0.1, 0.15) is 36.5 Å². The lowest BCUT2D eigenvalue weighted by atomic mass is 9.95. The number of nitrogens with zero attached hydrogens (tertiary/aromatic N) is 5. The van der Waals surface area contributed by atoms with E-state index in [1.807, 2.05) is 12.1 Å². The number of hydrogen-bond acceptors (Lipinski definition) is 7. The summed E-state index contributed by atoms with van der Waals surface area (Å²) < 4.78 is 55.7. The van der Waals surface area contributed by atoms with Crippen LogP contribution in [0.2, 0.25) is 5.02 Å². The summed E-state index contributed by atoms with van der Waals surface area (Å²) in [7, 11) is -3.39. The van der Waals surface area contributed by atoms with Crippen LogP contribution in [0.25, 0.3) is 11.5 Å². The molecule has 2 aromatic heterocycles. The fourth-order valence-electron chi connectivity index (χ4n) is 3.00. The van der Waals surface area contributed by atoms with Gasteiger partial charge in [-0.2, -0.15) is 8.78 Å². The van der Waals surface area contributed by atoms with E-state index >= 15 is 0 Å². The molecule has 0 aliphatic heterocycles. The van der Waals surface area contributed by atoms with E-state index in [0.29, 0.717) is 29.4 Å². The van der Waals surface area contributed by atoms with Gasteiger partial charge in [0.2, 0.25) is 10.0 Å². The van der Waals surface area contributed by atoms with Crippen LogP contribution in [-0.4, -0.2) is 52.2 Å². The molecule has 12 heteroatoms. The molecule has 0 fully saturated rings. The molecule has 166 valence electrons. The molecule has 0 amide bonds. The van der Waals surface area contributed by atoms with Crippen molar-refractivity contribution in [1.82, 2.24) is 24.5 Å². The van der Waals surface area contributed by atoms with Crippen molar-refractivity contribution in [3.63, 3.8) is 0 Å². The second kappa shape index (κ2) is 9.75. The van der Waals surface area contributed by atoms with Gasteiger partial charge in [0, 0.05) is 42.8 Å². The molecular formula is C19H20ClF2N5O3S. The highest BCUT2D eigenvalue weighted by Crippen LogP contribution is 2.25. The van der Waals surface area contributed by atoms with Crippen LogP contribution in [0, 0.1) is 0 Å². The average Bonchev–Trinajstić information content (AvgIpc) is 3.22. The minimum absolute atomic E-state index is 0.106. The van der Waals surface area contributed by atoms with Crippen molar-refractivity contribution in [3.8, 4) is 11.5 Å². The monoisotopic (exact) mass is 471 g/mol. The molecule has 1 unspecified atom stereocenters. The van der Waals surface area contributed by atoms with E-state index in [4.69, 9.17) is 16.0 Å². The first kappa shape index (κ1) is 23.2. The van der Waals surface area contributed by atoms with E-state index in [2.05, 4.69) is 20.2 Å². The summed E-state index contributed by atoms with van der Waals surface area (Å²) in [6, 6.07) is 7.14. The molecule has 0 spiro atoms. The highest BCUT2D eigenvalue weighted by molar-refractivity contribution is 7.88. The Morgan fingerprint density at radius 2 is 1.77 bits per heavy atom. The van der Waals surface area contributed by atoms with Crippen molar-refractivity contribution in [3.05, 3.63) is 59.0 Å². The number of hydrogen-bond donors (Lipinski definition) is 0.